The summed E-state index contributed by atoms with van der Waals surface area (Å²) in [6.07, 6.45) is 2.74. The Morgan fingerprint density at radius 3 is 3.08 bits per heavy atom. The quantitative estimate of drug-likeness (QED) is 0.850. The molecule has 3 rings (SSSR count). The number of carbonyl (C=O) groups excluding carboxylic acids is 1. The van der Waals surface area contributed by atoms with Gasteiger partial charge in [-0.1, -0.05) is 0 Å². The van der Waals surface area contributed by atoms with Crippen LogP contribution in [-0.2, 0) is 6.54 Å². The number of furan rings is 1. The van der Waals surface area contributed by atoms with Gasteiger partial charge in [-0.3, -0.25) is 9.69 Å². The fourth-order valence-corrected chi connectivity index (χ4v) is 3.00. The summed E-state index contributed by atoms with van der Waals surface area (Å²) < 4.78 is 10.4. The second-order valence-electron chi connectivity index (χ2n) is 6.07. The van der Waals surface area contributed by atoms with Crippen molar-refractivity contribution in [2.24, 2.45) is 5.92 Å². The molecule has 1 fully saturated rings. The molecule has 1 saturated heterocycles. The van der Waals surface area contributed by atoms with Crippen molar-refractivity contribution in [1.82, 2.24) is 10.2 Å². The van der Waals surface area contributed by atoms with Crippen LogP contribution in [0.15, 0.2) is 41.0 Å². The first-order valence-electron chi connectivity index (χ1n) is 8.05. The average molecular weight is 330 g/mol. The first-order chi connectivity index (χ1) is 11.7. The van der Waals surface area contributed by atoms with E-state index in [1.807, 2.05) is 12.1 Å². The van der Waals surface area contributed by atoms with Gasteiger partial charge in [0.05, 0.1) is 19.9 Å². The van der Waals surface area contributed by atoms with Gasteiger partial charge < -0.3 is 19.6 Å². The molecule has 1 aliphatic rings. The lowest BCUT2D eigenvalue weighted by Crippen LogP contribution is -2.30. The van der Waals surface area contributed by atoms with Crippen molar-refractivity contribution in [3.8, 4) is 11.5 Å². The number of phenols is 1. The summed E-state index contributed by atoms with van der Waals surface area (Å²) in [5.74, 6) is 1.57. The third kappa shape index (κ3) is 3.89. The van der Waals surface area contributed by atoms with E-state index in [0.717, 1.165) is 31.8 Å². The average Bonchev–Trinajstić information content (AvgIpc) is 3.25. The summed E-state index contributed by atoms with van der Waals surface area (Å²) in [4.78, 5) is 14.6. The predicted molar refractivity (Wildman–Crippen MR) is 89.1 cm³/mol. The molecule has 6 nitrogen and oxygen atoms in total. The molecular weight excluding hydrogens is 308 g/mol. The number of amides is 1. The van der Waals surface area contributed by atoms with Crippen molar-refractivity contribution in [3.63, 3.8) is 0 Å². The van der Waals surface area contributed by atoms with Crippen LogP contribution >= 0.6 is 0 Å². The van der Waals surface area contributed by atoms with Crippen molar-refractivity contribution in [3.05, 3.63) is 47.9 Å². The first-order valence-corrected chi connectivity index (χ1v) is 8.05. The van der Waals surface area contributed by atoms with Crippen LogP contribution in [0.2, 0.25) is 0 Å². The van der Waals surface area contributed by atoms with E-state index in [1.54, 1.807) is 18.4 Å². The molecular formula is C18H22N2O4. The molecule has 1 aromatic carbocycles. The number of phenolic OH excluding ortho intramolecular Hbond substituents is 1. The highest BCUT2D eigenvalue weighted by Gasteiger charge is 2.23. The number of rotatable bonds is 6. The molecule has 1 aromatic heterocycles. The highest BCUT2D eigenvalue weighted by molar-refractivity contribution is 5.94. The normalized spacial score (nSPS) is 17.8. The van der Waals surface area contributed by atoms with E-state index in [0.29, 0.717) is 23.8 Å². The number of carbonyl (C=O) groups is 1. The largest absolute Gasteiger partial charge is 0.504 e. The van der Waals surface area contributed by atoms with Crippen molar-refractivity contribution < 1.29 is 19.1 Å². The molecule has 24 heavy (non-hydrogen) atoms. The van der Waals surface area contributed by atoms with E-state index in [-0.39, 0.29) is 11.7 Å². The summed E-state index contributed by atoms with van der Waals surface area (Å²) in [6, 6.07) is 8.48. The Balaban J connectivity index is 1.48. The minimum absolute atomic E-state index is 0.0263. The molecule has 128 valence electrons. The van der Waals surface area contributed by atoms with Gasteiger partial charge in [0.15, 0.2) is 11.5 Å². The monoisotopic (exact) mass is 330 g/mol. The van der Waals surface area contributed by atoms with E-state index >= 15 is 0 Å². The molecule has 2 heterocycles. The standard InChI is InChI=1S/C18H22N2O4/c1-23-17-9-14(4-5-16(17)21)18(22)19-10-13-6-7-20(11-13)12-15-3-2-8-24-15/h2-5,8-9,13,21H,6-7,10-12H2,1H3,(H,19,22)/t13-/m0/s1. The van der Waals surface area contributed by atoms with Gasteiger partial charge in [0.25, 0.3) is 5.91 Å². The molecule has 0 aliphatic carbocycles. The molecule has 0 unspecified atom stereocenters. The molecule has 1 aliphatic heterocycles. The predicted octanol–water partition coefficient (Wildman–Crippen LogP) is 2.25. The molecule has 0 saturated carbocycles. The van der Waals surface area contributed by atoms with Gasteiger partial charge >= 0.3 is 0 Å². The van der Waals surface area contributed by atoms with E-state index in [1.165, 1.54) is 13.2 Å². The lowest BCUT2D eigenvalue weighted by Gasteiger charge is -2.15. The van der Waals surface area contributed by atoms with Crippen LogP contribution in [0.1, 0.15) is 22.5 Å². The fraction of sp³-hybridized carbons (Fsp3) is 0.389. The second-order valence-corrected chi connectivity index (χ2v) is 6.07. The van der Waals surface area contributed by atoms with Gasteiger partial charge in [0.2, 0.25) is 0 Å². The van der Waals surface area contributed by atoms with Gasteiger partial charge in [-0.05, 0) is 49.2 Å². The summed E-state index contributed by atoms with van der Waals surface area (Å²) in [7, 11) is 1.46. The minimum atomic E-state index is -0.155. The number of nitrogens with zero attached hydrogens (tertiary/aromatic N) is 1. The van der Waals surface area contributed by atoms with Gasteiger partial charge in [0.1, 0.15) is 5.76 Å². The lowest BCUT2D eigenvalue weighted by molar-refractivity contribution is 0.0947. The highest BCUT2D eigenvalue weighted by Crippen LogP contribution is 2.26. The fourth-order valence-electron chi connectivity index (χ4n) is 3.00. The van der Waals surface area contributed by atoms with Crippen molar-refractivity contribution in [2.45, 2.75) is 13.0 Å². The zero-order valence-electron chi connectivity index (χ0n) is 13.7. The topological polar surface area (TPSA) is 74.9 Å². The molecule has 6 heteroatoms. The van der Waals surface area contributed by atoms with E-state index in [9.17, 15) is 9.90 Å². The zero-order chi connectivity index (χ0) is 16.9. The number of aromatic hydroxyl groups is 1. The lowest BCUT2D eigenvalue weighted by atomic mass is 10.1. The van der Waals surface area contributed by atoms with Gasteiger partial charge in [0, 0.05) is 18.7 Å². The molecule has 1 atom stereocenters. The van der Waals surface area contributed by atoms with E-state index in [2.05, 4.69) is 10.2 Å². The molecule has 0 spiro atoms. The van der Waals surface area contributed by atoms with Gasteiger partial charge in [-0.25, -0.2) is 0 Å². The Morgan fingerprint density at radius 2 is 2.33 bits per heavy atom. The summed E-state index contributed by atoms with van der Waals surface area (Å²) >= 11 is 0. The smallest absolute Gasteiger partial charge is 0.251 e. The molecule has 0 bridgehead atoms. The number of likely N-dealkylation sites (tertiary alicyclic amines) is 1. The maximum Gasteiger partial charge on any atom is 0.251 e. The molecule has 2 aromatic rings. The highest BCUT2D eigenvalue weighted by atomic mass is 16.5. The third-order valence-electron chi connectivity index (χ3n) is 4.32. The Morgan fingerprint density at radius 1 is 1.46 bits per heavy atom. The number of hydrogen-bond donors (Lipinski definition) is 2. The number of benzene rings is 1. The van der Waals surface area contributed by atoms with Crippen LogP contribution in [0.3, 0.4) is 0 Å². The molecule has 0 radical (unpaired) electrons. The van der Waals surface area contributed by atoms with Crippen molar-refractivity contribution >= 4 is 5.91 Å². The third-order valence-corrected chi connectivity index (χ3v) is 4.32. The number of hydrogen-bond acceptors (Lipinski definition) is 5. The zero-order valence-corrected chi connectivity index (χ0v) is 13.7. The Hall–Kier alpha value is -2.47. The summed E-state index contributed by atoms with van der Waals surface area (Å²) in [6.45, 7) is 3.40. The first kappa shape index (κ1) is 16.4. The van der Waals surface area contributed by atoms with Crippen LogP contribution in [0.5, 0.6) is 11.5 Å². The number of nitrogens with one attached hydrogen (secondary N) is 1. The minimum Gasteiger partial charge on any atom is -0.504 e. The van der Waals surface area contributed by atoms with Gasteiger partial charge in [-0.15, -0.1) is 0 Å². The van der Waals surface area contributed by atoms with Crippen LogP contribution in [-0.4, -0.2) is 42.7 Å². The second kappa shape index (κ2) is 7.40. The van der Waals surface area contributed by atoms with Crippen LogP contribution in [0.4, 0.5) is 0 Å². The maximum absolute atomic E-state index is 12.2. The number of methoxy groups -OCH3 is 1. The van der Waals surface area contributed by atoms with E-state index in [4.69, 9.17) is 9.15 Å². The molecule has 2 N–H and O–H groups in total. The molecule has 1 amide bonds. The van der Waals surface area contributed by atoms with Crippen molar-refractivity contribution in [1.29, 1.82) is 0 Å². The van der Waals surface area contributed by atoms with E-state index < -0.39 is 0 Å². The SMILES string of the molecule is COc1cc(C(=O)NC[C@@H]2CCN(Cc3ccco3)C2)ccc1O. The Kier molecular flexibility index (Phi) is 5.05. The Bertz CT molecular complexity index is 684. The maximum atomic E-state index is 12.2. The van der Waals surface area contributed by atoms with Crippen LogP contribution in [0, 0.1) is 5.92 Å². The Labute approximate surface area is 141 Å². The van der Waals surface area contributed by atoms with Crippen LogP contribution < -0.4 is 10.1 Å². The van der Waals surface area contributed by atoms with Crippen LogP contribution in [0.25, 0.3) is 0 Å². The van der Waals surface area contributed by atoms with Gasteiger partial charge in [-0.2, -0.15) is 0 Å². The summed E-state index contributed by atoms with van der Waals surface area (Å²) in [5.41, 5.74) is 0.482. The summed E-state index contributed by atoms with van der Waals surface area (Å²) in [5, 5.41) is 12.5. The van der Waals surface area contributed by atoms with Crippen molar-refractivity contribution in [2.75, 3.05) is 26.7 Å². The number of ether oxygens (including phenoxy) is 1.